The van der Waals surface area contributed by atoms with Crippen LogP contribution in [0.1, 0.15) is 52.9 Å². The van der Waals surface area contributed by atoms with Crippen molar-refractivity contribution in [2.24, 2.45) is 5.41 Å². The van der Waals surface area contributed by atoms with Crippen molar-refractivity contribution in [2.45, 2.75) is 52.9 Å². The van der Waals surface area contributed by atoms with Crippen LogP contribution >= 0.6 is 0 Å². The van der Waals surface area contributed by atoms with Gasteiger partial charge in [0.05, 0.1) is 0 Å². The van der Waals surface area contributed by atoms with Crippen LogP contribution in [-0.4, -0.2) is 0 Å². The SMILES string of the molecule is [CH2]CC=CC(C)(CC)CCCC. The summed E-state index contributed by atoms with van der Waals surface area (Å²) in [5.41, 5.74) is 0.424. The molecular formula is C12H23. The fourth-order valence-electron chi connectivity index (χ4n) is 1.33. The summed E-state index contributed by atoms with van der Waals surface area (Å²) < 4.78 is 0. The maximum atomic E-state index is 3.82. The predicted octanol–water partition coefficient (Wildman–Crippen LogP) is 4.37. The van der Waals surface area contributed by atoms with Crippen molar-refractivity contribution in [1.82, 2.24) is 0 Å². The highest BCUT2D eigenvalue weighted by molar-refractivity contribution is 4.96. The largest absolute Gasteiger partial charge is 0.0880 e. The maximum Gasteiger partial charge on any atom is -0.0149 e. The molecule has 0 aliphatic carbocycles. The summed E-state index contributed by atoms with van der Waals surface area (Å²) in [5, 5.41) is 0. The summed E-state index contributed by atoms with van der Waals surface area (Å²) in [7, 11) is 0. The molecule has 0 amide bonds. The molecule has 0 saturated heterocycles. The zero-order valence-electron chi connectivity index (χ0n) is 8.90. The molecule has 0 saturated carbocycles. The first-order valence-electron chi connectivity index (χ1n) is 5.15. The van der Waals surface area contributed by atoms with Gasteiger partial charge >= 0.3 is 0 Å². The number of unbranched alkanes of at least 4 members (excludes halogenated alkanes) is 1. The van der Waals surface area contributed by atoms with Crippen molar-refractivity contribution in [3.63, 3.8) is 0 Å². The van der Waals surface area contributed by atoms with E-state index in [1.807, 2.05) is 0 Å². The van der Waals surface area contributed by atoms with Crippen LogP contribution < -0.4 is 0 Å². The Labute approximate surface area is 78.1 Å². The Morgan fingerprint density at radius 3 is 2.42 bits per heavy atom. The molecule has 12 heavy (non-hydrogen) atoms. The van der Waals surface area contributed by atoms with Gasteiger partial charge in [0.15, 0.2) is 0 Å². The van der Waals surface area contributed by atoms with E-state index in [4.69, 9.17) is 0 Å². The zero-order valence-corrected chi connectivity index (χ0v) is 8.90. The third kappa shape index (κ3) is 4.58. The molecule has 0 aliphatic heterocycles. The first-order valence-corrected chi connectivity index (χ1v) is 5.15. The Morgan fingerprint density at radius 1 is 1.33 bits per heavy atom. The molecule has 0 heteroatoms. The number of rotatable bonds is 6. The molecule has 0 aromatic rings. The Kier molecular flexibility index (Phi) is 6.14. The molecule has 0 nitrogen and oxygen atoms in total. The number of allylic oxidation sites excluding steroid dienone is 2. The van der Waals surface area contributed by atoms with Crippen molar-refractivity contribution in [3.05, 3.63) is 19.1 Å². The first-order chi connectivity index (χ1) is 5.68. The van der Waals surface area contributed by atoms with E-state index in [1.54, 1.807) is 0 Å². The van der Waals surface area contributed by atoms with Crippen LogP contribution in [0.2, 0.25) is 0 Å². The molecule has 0 aliphatic rings. The Hall–Kier alpha value is -0.260. The summed E-state index contributed by atoms with van der Waals surface area (Å²) in [6, 6.07) is 0. The molecule has 1 atom stereocenters. The van der Waals surface area contributed by atoms with Gasteiger partial charge in [-0.05, 0) is 31.6 Å². The Balaban J connectivity index is 3.95. The van der Waals surface area contributed by atoms with Gasteiger partial charge in [-0.25, -0.2) is 0 Å². The first kappa shape index (κ1) is 11.7. The molecule has 0 aromatic heterocycles. The van der Waals surface area contributed by atoms with Crippen LogP contribution in [0.5, 0.6) is 0 Å². The van der Waals surface area contributed by atoms with Gasteiger partial charge < -0.3 is 0 Å². The summed E-state index contributed by atoms with van der Waals surface area (Å²) in [4.78, 5) is 0. The standard InChI is InChI=1S/C12H23/c1-5-8-10-12(4,7-3)11-9-6-2/h8,10H,1,5-7,9,11H2,2-4H3. The molecule has 0 fully saturated rings. The lowest BCUT2D eigenvalue weighted by Gasteiger charge is -2.23. The molecule has 0 rings (SSSR count). The molecule has 0 aromatic carbocycles. The summed E-state index contributed by atoms with van der Waals surface area (Å²) in [6.45, 7) is 10.7. The van der Waals surface area contributed by atoms with E-state index in [-0.39, 0.29) is 0 Å². The van der Waals surface area contributed by atoms with Gasteiger partial charge in [0.2, 0.25) is 0 Å². The summed E-state index contributed by atoms with van der Waals surface area (Å²) in [5.74, 6) is 0. The molecule has 0 bridgehead atoms. The molecule has 0 spiro atoms. The van der Waals surface area contributed by atoms with Crippen LogP contribution in [0.25, 0.3) is 0 Å². The predicted molar refractivity (Wildman–Crippen MR) is 57.0 cm³/mol. The van der Waals surface area contributed by atoms with Crippen molar-refractivity contribution in [3.8, 4) is 0 Å². The third-order valence-corrected chi connectivity index (χ3v) is 2.60. The zero-order chi connectivity index (χ0) is 9.45. The van der Waals surface area contributed by atoms with Crippen molar-refractivity contribution in [2.75, 3.05) is 0 Å². The second-order valence-corrected chi connectivity index (χ2v) is 3.80. The minimum atomic E-state index is 0.424. The van der Waals surface area contributed by atoms with E-state index in [0.29, 0.717) is 5.41 Å². The van der Waals surface area contributed by atoms with Crippen LogP contribution in [0.4, 0.5) is 0 Å². The van der Waals surface area contributed by atoms with Gasteiger partial charge in [-0.1, -0.05) is 45.8 Å². The van der Waals surface area contributed by atoms with Crippen LogP contribution in [-0.2, 0) is 0 Å². The fourth-order valence-corrected chi connectivity index (χ4v) is 1.33. The Morgan fingerprint density at radius 2 is 2.00 bits per heavy atom. The van der Waals surface area contributed by atoms with Gasteiger partial charge in [0.25, 0.3) is 0 Å². The molecule has 1 radical (unpaired) electrons. The molecule has 0 heterocycles. The Bertz CT molecular complexity index is 124. The number of hydrogen-bond acceptors (Lipinski definition) is 0. The fraction of sp³-hybridized carbons (Fsp3) is 0.750. The van der Waals surface area contributed by atoms with Gasteiger partial charge in [0.1, 0.15) is 0 Å². The highest BCUT2D eigenvalue weighted by Crippen LogP contribution is 2.29. The topological polar surface area (TPSA) is 0 Å². The highest BCUT2D eigenvalue weighted by Gasteiger charge is 2.16. The van der Waals surface area contributed by atoms with Crippen LogP contribution in [0.15, 0.2) is 12.2 Å². The van der Waals surface area contributed by atoms with E-state index >= 15 is 0 Å². The minimum Gasteiger partial charge on any atom is -0.0880 e. The van der Waals surface area contributed by atoms with E-state index < -0.39 is 0 Å². The lowest BCUT2D eigenvalue weighted by atomic mass is 9.82. The van der Waals surface area contributed by atoms with Crippen LogP contribution in [0.3, 0.4) is 0 Å². The lowest BCUT2D eigenvalue weighted by molar-refractivity contribution is 0.363. The van der Waals surface area contributed by atoms with Crippen molar-refractivity contribution < 1.29 is 0 Å². The van der Waals surface area contributed by atoms with E-state index in [0.717, 1.165) is 6.42 Å². The third-order valence-electron chi connectivity index (χ3n) is 2.60. The lowest BCUT2D eigenvalue weighted by Crippen LogP contribution is -2.11. The van der Waals surface area contributed by atoms with Crippen molar-refractivity contribution >= 4 is 0 Å². The average molecular weight is 167 g/mol. The normalized spacial score (nSPS) is 16.7. The molecule has 71 valence electrons. The van der Waals surface area contributed by atoms with Crippen LogP contribution in [0, 0.1) is 12.3 Å². The highest BCUT2D eigenvalue weighted by atomic mass is 14.2. The molecular weight excluding hydrogens is 144 g/mol. The minimum absolute atomic E-state index is 0.424. The summed E-state index contributed by atoms with van der Waals surface area (Å²) >= 11 is 0. The number of hydrogen-bond donors (Lipinski definition) is 0. The van der Waals surface area contributed by atoms with E-state index in [1.165, 1.54) is 25.7 Å². The summed E-state index contributed by atoms with van der Waals surface area (Å²) in [6.07, 6.45) is 10.6. The van der Waals surface area contributed by atoms with E-state index in [2.05, 4.69) is 39.8 Å². The quantitative estimate of drug-likeness (QED) is 0.515. The average Bonchev–Trinajstić information content (AvgIpc) is 2.11. The van der Waals surface area contributed by atoms with Gasteiger partial charge in [-0.2, -0.15) is 0 Å². The monoisotopic (exact) mass is 167 g/mol. The van der Waals surface area contributed by atoms with E-state index in [9.17, 15) is 0 Å². The maximum absolute atomic E-state index is 3.82. The van der Waals surface area contributed by atoms with Crippen molar-refractivity contribution in [1.29, 1.82) is 0 Å². The molecule has 1 unspecified atom stereocenters. The smallest absolute Gasteiger partial charge is 0.0149 e. The second-order valence-electron chi connectivity index (χ2n) is 3.80. The van der Waals surface area contributed by atoms with Gasteiger partial charge in [-0.15, -0.1) is 0 Å². The van der Waals surface area contributed by atoms with Gasteiger partial charge in [-0.3, -0.25) is 0 Å². The second kappa shape index (κ2) is 6.28. The molecule has 0 N–H and O–H groups in total. The van der Waals surface area contributed by atoms with Gasteiger partial charge in [0, 0.05) is 0 Å².